The molecule has 0 aliphatic carbocycles. The molecule has 0 saturated heterocycles. The summed E-state index contributed by atoms with van der Waals surface area (Å²) < 4.78 is 7.29. The van der Waals surface area contributed by atoms with Crippen molar-refractivity contribution in [3.63, 3.8) is 0 Å². The molecule has 0 aliphatic heterocycles. The van der Waals surface area contributed by atoms with Gasteiger partial charge in [-0.05, 0) is 38.8 Å². The molecular weight excluding hydrogens is 272 g/mol. The molecule has 1 aromatic carbocycles. The van der Waals surface area contributed by atoms with Gasteiger partial charge in [0, 0.05) is 0 Å². The molecule has 1 aromatic heterocycles. The Hall–Kier alpha value is -0.250. The highest BCUT2D eigenvalue weighted by Gasteiger charge is 2.11. The van der Waals surface area contributed by atoms with Crippen molar-refractivity contribution in [3.05, 3.63) is 27.0 Å². The van der Waals surface area contributed by atoms with Crippen LogP contribution in [-0.2, 0) is 0 Å². The van der Waals surface area contributed by atoms with Crippen LogP contribution in [0.15, 0.2) is 22.0 Å². The number of fused-ring (bicyclic) bond motifs is 1. The van der Waals surface area contributed by atoms with Crippen molar-refractivity contribution in [3.8, 4) is 5.75 Å². The molecule has 0 aliphatic rings. The number of benzene rings is 1. The molecule has 13 heavy (non-hydrogen) atoms. The Morgan fingerprint density at radius 1 is 1.54 bits per heavy atom. The van der Waals surface area contributed by atoms with Crippen molar-refractivity contribution >= 4 is 49.0 Å². The highest BCUT2D eigenvalue weighted by atomic mass is 79.9. The first-order chi connectivity index (χ1) is 6.24. The van der Waals surface area contributed by atoms with E-state index in [1.54, 1.807) is 18.4 Å². The molecule has 2 aromatic rings. The van der Waals surface area contributed by atoms with Crippen LogP contribution in [0.4, 0.5) is 0 Å². The fourth-order valence-electron chi connectivity index (χ4n) is 1.21. The lowest BCUT2D eigenvalue weighted by atomic mass is 10.2. The number of rotatable bonds is 1. The van der Waals surface area contributed by atoms with E-state index in [1.165, 1.54) is 4.70 Å². The Balaban J connectivity index is 2.85. The van der Waals surface area contributed by atoms with Gasteiger partial charge in [0.05, 0.1) is 21.3 Å². The molecular formula is C9H6BrClOS. The van der Waals surface area contributed by atoms with Crippen molar-refractivity contribution in [1.82, 2.24) is 0 Å². The van der Waals surface area contributed by atoms with Crippen molar-refractivity contribution in [2.45, 2.75) is 0 Å². The molecule has 2 rings (SSSR count). The Bertz CT molecular complexity index is 452. The minimum absolute atomic E-state index is 0.639. The summed E-state index contributed by atoms with van der Waals surface area (Å²) in [5.41, 5.74) is 0. The summed E-state index contributed by atoms with van der Waals surface area (Å²) >= 11 is 11.2. The highest BCUT2D eigenvalue weighted by molar-refractivity contribution is 9.10. The molecule has 1 heterocycles. The molecule has 0 saturated carbocycles. The molecule has 0 atom stereocenters. The van der Waals surface area contributed by atoms with Gasteiger partial charge in [-0.3, -0.25) is 0 Å². The Morgan fingerprint density at radius 2 is 2.31 bits per heavy atom. The third-order valence-electron chi connectivity index (χ3n) is 1.80. The van der Waals surface area contributed by atoms with E-state index in [2.05, 4.69) is 15.9 Å². The van der Waals surface area contributed by atoms with Gasteiger partial charge in [0.2, 0.25) is 0 Å². The number of ether oxygens (including phenoxy) is 1. The van der Waals surface area contributed by atoms with Crippen LogP contribution in [0.2, 0.25) is 5.02 Å². The van der Waals surface area contributed by atoms with Crippen molar-refractivity contribution in [1.29, 1.82) is 0 Å². The van der Waals surface area contributed by atoms with Gasteiger partial charge < -0.3 is 4.74 Å². The maximum Gasteiger partial charge on any atom is 0.153 e. The van der Waals surface area contributed by atoms with Crippen LogP contribution < -0.4 is 4.74 Å². The number of methoxy groups -OCH3 is 1. The lowest BCUT2D eigenvalue weighted by Gasteiger charge is -2.05. The average Bonchev–Trinajstić information content (AvgIpc) is 2.53. The zero-order chi connectivity index (χ0) is 9.42. The van der Waals surface area contributed by atoms with Crippen LogP contribution in [0.1, 0.15) is 0 Å². The van der Waals surface area contributed by atoms with Crippen LogP contribution in [0.5, 0.6) is 5.75 Å². The summed E-state index contributed by atoms with van der Waals surface area (Å²) in [6, 6.07) is 3.95. The molecule has 1 nitrogen and oxygen atoms in total. The van der Waals surface area contributed by atoms with Crippen LogP contribution >= 0.6 is 38.9 Å². The summed E-state index contributed by atoms with van der Waals surface area (Å²) in [6.45, 7) is 0. The molecule has 68 valence electrons. The van der Waals surface area contributed by atoms with Crippen LogP contribution in [-0.4, -0.2) is 7.11 Å². The highest BCUT2D eigenvalue weighted by Crippen LogP contribution is 2.41. The average molecular weight is 278 g/mol. The van der Waals surface area contributed by atoms with E-state index >= 15 is 0 Å². The lowest BCUT2D eigenvalue weighted by Crippen LogP contribution is -1.85. The van der Waals surface area contributed by atoms with E-state index in [9.17, 15) is 0 Å². The second-order valence-electron chi connectivity index (χ2n) is 2.54. The first-order valence-electron chi connectivity index (χ1n) is 3.63. The first-order valence-corrected chi connectivity index (χ1v) is 5.68. The zero-order valence-corrected chi connectivity index (χ0v) is 9.96. The molecule has 0 fully saturated rings. The molecule has 0 N–H and O–H groups in total. The monoisotopic (exact) mass is 276 g/mol. The minimum atomic E-state index is 0.639. The van der Waals surface area contributed by atoms with Gasteiger partial charge in [0.25, 0.3) is 0 Å². The topological polar surface area (TPSA) is 9.23 Å². The van der Waals surface area contributed by atoms with Crippen molar-refractivity contribution < 1.29 is 4.74 Å². The largest absolute Gasteiger partial charge is 0.494 e. The van der Waals surface area contributed by atoms with E-state index in [1.807, 2.05) is 17.5 Å². The maximum atomic E-state index is 6.02. The van der Waals surface area contributed by atoms with E-state index in [0.29, 0.717) is 10.8 Å². The zero-order valence-electron chi connectivity index (χ0n) is 6.80. The predicted octanol–water partition coefficient (Wildman–Crippen LogP) is 4.33. The number of hydrogen-bond acceptors (Lipinski definition) is 2. The van der Waals surface area contributed by atoms with Gasteiger partial charge in [0.15, 0.2) is 5.75 Å². The van der Waals surface area contributed by atoms with Crippen molar-refractivity contribution in [2.24, 2.45) is 0 Å². The number of halogens is 2. The smallest absolute Gasteiger partial charge is 0.153 e. The molecule has 0 bridgehead atoms. The van der Waals surface area contributed by atoms with Crippen molar-refractivity contribution in [2.75, 3.05) is 7.11 Å². The Morgan fingerprint density at radius 3 is 3.00 bits per heavy atom. The first kappa shape index (κ1) is 9.31. The lowest BCUT2D eigenvalue weighted by molar-refractivity contribution is 0.413. The van der Waals surface area contributed by atoms with E-state index in [-0.39, 0.29) is 0 Å². The summed E-state index contributed by atoms with van der Waals surface area (Å²) in [7, 11) is 1.62. The molecule has 0 unspecified atom stereocenters. The molecule has 0 spiro atoms. The van der Waals surface area contributed by atoms with Gasteiger partial charge in [-0.25, -0.2) is 0 Å². The van der Waals surface area contributed by atoms with E-state index < -0.39 is 0 Å². The SMILES string of the molecule is COc1c(Cl)cc2ccsc2c1Br. The third kappa shape index (κ3) is 1.45. The van der Waals surface area contributed by atoms with Gasteiger partial charge in [-0.2, -0.15) is 0 Å². The quantitative estimate of drug-likeness (QED) is 0.754. The molecule has 0 radical (unpaired) electrons. The summed E-state index contributed by atoms with van der Waals surface area (Å²) in [4.78, 5) is 0. The van der Waals surface area contributed by atoms with E-state index in [4.69, 9.17) is 16.3 Å². The standard InChI is InChI=1S/C9H6BrClOS/c1-12-8-6(11)4-5-2-3-13-9(5)7(8)10/h2-4H,1H3. The van der Waals surface area contributed by atoms with Crippen LogP contribution in [0, 0.1) is 0 Å². The van der Waals surface area contributed by atoms with Crippen LogP contribution in [0.3, 0.4) is 0 Å². The fraction of sp³-hybridized carbons (Fsp3) is 0.111. The maximum absolute atomic E-state index is 6.02. The van der Waals surface area contributed by atoms with Gasteiger partial charge in [0.1, 0.15) is 0 Å². The number of thiophene rings is 1. The molecule has 0 amide bonds. The fourth-order valence-corrected chi connectivity index (χ4v) is 3.31. The summed E-state index contributed by atoms with van der Waals surface area (Å²) in [6.07, 6.45) is 0. The predicted molar refractivity (Wildman–Crippen MR) is 61.1 cm³/mol. The normalized spacial score (nSPS) is 10.7. The Labute approximate surface area is 93.4 Å². The van der Waals surface area contributed by atoms with E-state index in [0.717, 1.165) is 9.86 Å². The second kappa shape index (κ2) is 3.48. The summed E-state index contributed by atoms with van der Waals surface area (Å²) in [5, 5.41) is 3.81. The molecule has 4 heteroatoms. The van der Waals surface area contributed by atoms with Gasteiger partial charge >= 0.3 is 0 Å². The van der Waals surface area contributed by atoms with Crippen LogP contribution in [0.25, 0.3) is 10.1 Å². The number of hydrogen-bond donors (Lipinski definition) is 0. The summed E-state index contributed by atoms with van der Waals surface area (Å²) in [5.74, 6) is 0.705. The van der Waals surface area contributed by atoms with Gasteiger partial charge in [-0.15, -0.1) is 11.3 Å². The third-order valence-corrected chi connectivity index (χ3v) is 4.05. The van der Waals surface area contributed by atoms with Gasteiger partial charge in [-0.1, -0.05) is 11.6 Å². The Kier molecular flexibility index (Phi) is 2.49. The minimum Gasteiger partial charge on any atom is -0.494 e. The second-order valence-corrected chi connectivity index (χ2v) is 4.66.